The summed E-state index contributed by atoms with van der Waals surface area (Å²) >= 11 is -1.67. The van der Waals surface area contributed by atoms with Gasteiger partial charge in [-0.3, -0.25) is 0 Å². The maximum absolute atomic E-state index is 11.4. The van der Waals surface area contributed by atoms with E-state index in [1.165, 1.54) is 0 Å². The molecule has 0 saturated heterocycles. The molecule has 0 spiro atoms. The van der Waals surface area contributed by atoms with Gasteiger partial charge in [-0.2, -0.15) is 0 Å². The third kappa shape index (κ3) is 4.26. The molecular weight excluding hydrogens is 539 g/mol. The monoisotopic (exact) mass is 560 g/mol. The molecule has 0 heterocycles. The molecule has 0 aliphatic carbocycles. The summed E-state index contributed by atoms with van der Waals surface area (Å²) in [4.78, 5) is 22.1. The van der Waals surface area contributed by atoms with Crippen LogP contribution in [-0.2, 0) is 0 Å². The fourth-order valence-corrected chi connectivity index (χ4v) is 14.5. The van der Waals surface area contributed by atoms with Gasteiger partial charge in [0.05, 0.1) is 0 Å². The van der Waals surface area contributed by atoms with Crippen molar-refractivity contribution < 1.29 is 9.85 Å². The van der Waals surface area contributed by atoms with E-state index in [1.807, 2.05) is 38.1 Å². The van der Waals surface area contributed by atoms with Gasteiger partial charge >= 0.3 is 157 Å². The topological polar surface area (TPSA) is 86.3 Å². The van der Waals surface area contributed by atoms with Crippen molar-refractivity contribution in [3.63, 3.8) is 0 Å². The predicted octanol–water partition coefficient (Wildman–Crippen LogP) is 2.01. The van der Waals surface area contributed by atoms with Gasteiger partial charge in [0.2, 0.25) is 0 Å². The van der Waals surface area contributed by atoms with Crippen LogP contribution in [0.5, 0.6) is 0 Å². The SMILES string of the molecule is Cc1cc(C)c([N+](=O)[O-])c([Te][Te]c2cc(C)cc(C)c2[N+](=O)[O-])c1. The quantitative estimate of drug-likeness (QED) is 0.321. The van der Waals surface area contributed by atoms with Crippen molar-refractivity contribution >= 4 is 52.7 Å². The van der Waals surface area contributed by atoms with Crippen LogP contribution in [0.15, 0.2) is 24.3 Å². The normalized spacial score (nSPS) is 10.7. The summed E-state index contributed by atoms with van der Waals surface area (Å²) in [5.74, 6) is 0. The molecule has 2 aromatic carbocycles. The van der Waals surface area contributed by atoms with Gasteiger partial charge in [-0.1, -0.05) is 0 Å². The Balaban J connectivity index is 2.43. The molecule has 2 aromatic rings. The molecule has 0 radical (unpaired) electrons. The van der Waals surface area contributed by atoms with Crippen molar-refractivity contribution in [1.29, 1.82) is 0 Å². The first-order valence-electron chi connectivity index (χ1n) is 7.06. The zero-order chi connectivity index (χ0) is 18.0. The van der Waals surface area contributed by atoms with Crippen molar-refractivity contribution in [1.82, 2.24) is 0 Å². The van der Waals surface area contributed by atoms with Crippen molar-refractivity contribution in [2.45, 2.75) is 27.7 Å². The van der Waals surface area contributed by atoms with E-state index in [0.717, 1.165) is 18.3 Å². The van der Waals surface area contributed by atoms with Gasteiger partial charge in [0.1, 0.15) is 0 Å². The zero-order valence-corrected chi connectivity index (χ0v) is 18.3. The van der Waals surface area contributed by atoms with E-state index < -0.39 is 34.1 Å². The van der Waals surface area contributed by atoms with Crippen molar-refractivity contribution in [2.75, 3.05) is 0 Å². The molecule has 0 aliphatic rings. The number of nitro groups is 2. The van der Waals surface area contributed by atoms with Gasteiger partial charge in [-0.25, -0.2) is 0 Å². The molecule has 0 fully saturated rings. The second-order valence-electron chi connectivity index (χ2n) is 5.54. The average molecular weight is 556 g/mol. The van der Waals surface area contributed by atoms with E-state index >= 15 is 0 Å². The van der Waals surface area contributed by atoms with Crippen LogP contribution in [0.2, 0.25) is 0 Å². The molecule has 0 aromatic heterocycles. The number of nitro benzene ring substituents is 2. The van der Waals surface area contributed by atoms with E-state index in [9.17, 15) is 20.2 Å². The maximum atomic E-state index is 11.4. The molecule has 0 bridgehead atoms. The van der Waals surface area contributed by atoms with Gasteiger partial charge in [0.25, 0.3) is 0 Å². The first kappa shape index (κ1) is 19.1. The molecule has 0 atom stereocenters. The number of benzene rings is 2. The van der Waals surface area contributed by atoms with E-state index in [0.29, 0.717) is 11.1 Å². The predicted molar refractivity (Wildman–Crippen MR) is 95.9 cm³/mol. The van der Waals surface area contributed by atoms with Crippen molar-refractivity contribution in [2.24, 2.45) is 0 Å². The van der Waals surface area contributed by atoms with Gasteiger partial charge in [-0.05, 0) is 0 Å². The molecule has 0 saturated carbocycles. The first-order chi connectivity index (χ1) is 11.2. The molecule has 0 N–H and O–H groups in total. The summed E-state index contributed by atoms with van der Waals surface area (Å²) in [6.45, 7) is 7.35. The molecule has 2 rings (SSSR count). The van der Waals surface area contributed by atoms with Gasteiger partial charge < -0.3 is 0 Å². The van der Waals surface area contributed by atoms with Crippen LogP contribution < -0.4 is 7.22 Å². The minimum absolute atomic E-state index is 0.195. The van der Waals surface area contributed by atoms with Crippen molar-refractivity contribution in [3.05, 3.63) is 66.7 Å². The Kier molecular flexibility index (Phi) is 6.22. The average Bonchev–Trinajstić information content (AvgIpc) is 2.42. The van der Waals surface area contributed by atoms with E-state index in [2.05, 4.69) is 0 Å². The zero-order valence-electron chi connectivity index (χ0n) is 13.7. The Morgan fingerprint density at radius 1 is 0.708 bits per heavy atom. The summed E-state index contributed by atoms with van der Waals surface area (Å²) in [7, 11) is 0. The second kappa shape index (κ2) is 7.80. The fraction of sp³-hybridized carbons (Fsp3) is 0.250. The number of aryl methyl sites for hydroxylation is 4. The Morgan fingerprint density at radius 3 is 1.33 bits per heavy atom. The Hall–Kier alpha value is -1.18. The summed E-state index contributed by atoms with van der Waals surface area (Å²) < 4.78 is 1.61. The van der Waals surface area contributed by atoms with E-state index in [-0.39, 0.29) is 21.2 Å². The third-order valence-electron chi connectivity index (χ3n) is 3.41. The Bertz CT molecular complexity index is 768. The molecule has 0 unspecified atom stereocenters. The van der Waals surface area contributed by atoms with Crippen LogP contribution in [0, 0.1) is 47.9 Å². The third-order valence-corrected chi connectivity index (χ3v) is 14.9. The summed E-state index contributed by atoms with van der Waals surface area (Å²) in [5.41, 5.74) is 3.73. The summed E-state index contributed by atoms with van der Waals surface area (Å²) in [5, 5.41) is 22.8. The summed E-state index contributed by atoms with van der Waals surface area (Å²) in [6, 6.07) is 7.39. The van der Waals surface area contributed by atoms with Crippen LogP contribution in [0.3, 0.4) is 0 Å². The fourth-order valence-electron chi connectivity index (χ4n) is 2.53. The Labute approximate surface area is 156 Å². The van der Waals surface area contributed by atoms with Crippen molar-refractivity contribution in [3.8, 4) is 0 Å². The standard InChI is InChI=1S/C16H16N2O4Te2/c1-9-5-11(3)15(17(19)20)13(7-9)23-24-14-8-10(2)6-12(4)16(14)18(21)22/h5-8H,1-4H3. The first-order valence-corrected chi connectivity index (χ1v) is 16.7. The van der Waals surface area contributed by atoms with Crippen LogP contribution in [0.4, 0.5) is 11.4 Å². The minimum atomic E-state index is -0.833. The van der Waals surface area contributed by atoms with Gasteiger partial charge in [0, 0.05) is 0 Å². The molecule has 126 valence electrons. The van der Waals surface area contributed by atoms with Crippen LogP contribution in [0.25, 0.3) is 0 Å². The molecule has 8 heteroatoms. The number of hydrogen-bond donors (Lipinski definition) is 0. The summed E-state index contributed by atoms with van der Waals surface area (Å²) in [6.07, 6.45) is 0. The molecular formula is C16H16N2O4Te2. The van der Waals surface area contributed by atoms with E-state index in [1.54, 1.807) is 13.8 Å². The van der Waals surface area contributed by atoms with Crippen LogP contribution in [0.1, 0.15) is 22.3 Å². The number of rotatable bonds is 5. The number of hydrogen-bond acceptors (Lipinski definition) is 4. The second-order valence-corrected chi connectivity index (χ2v) is 15.4. The van der Waals surface area contributed by atoms with Crippen LogP contribution >= 0.6 is 0 Å². The van der Waals surface area contributed by atoms with Gasteiger partial charge in [0.15, 0.2) is 0 Å². The number of nitrogens with zero attached hydrogens (tertiary/aromatic N) is 2. The molecule has 6 nitrogen and oxygen atoms in total. The van der Waals surface area contributed by atoms with Gasteiger partial charge in [-0.15, -0.1) is 0 Å². The van der Waals surface area contributed by atoms with E-state index in [4.69, 9.17) is 0 Å². The van der Waals surface area contributed by atoms with Crippen LogP contribution in [-0.4, -0.2) is 44.0 Å². The Morgan fingerprint density at radius 2 is 1.04 bits per heavy atom. The molecule has 24 heavy (non-hydrogen) atoms. The molecule has 0 aliphatic heterocycles. The molecule has 0 amide bonds.